The van der Waals surface area contributed by atoms with Crippen molar-refractivity contribution in [3.63, 3.8) is 0 Å². The summed E-state index contributed by atoms with van der Waals surface area (Å²) < 4.78 is 5.09. The number of nitrogens with one attached hydrogen (secondary N) is 1. The third-order valence-corrected chi connectivity index (χ3v) is 1.98. The predicted molar refractivity (Wildman–Crippen MR) is 63.6 cm³/mol. The van der Waals surface area contributed by atoms with E-state index in [0.29, 0.717) is 17.8 Å². The first-order valence-corrected chi connectivity index (χ1v) is 5.13. The Labute approximate surface area is 98.9 Å². The Kier molecular flexibility index (Phi) is 4.33. The molecule has 0 spiro atoms. The lowest BCUT2D eigenvalue weighted by Gasteiger charge is -2.09. The highest BCUT2D eigenvalue weighted by atomic mass is 16.5. The van der Waals surface area contributed by atoms with E-state index in [9.17, 15) is 9.59 Å². The summed E-state index contributed by atoms with van der Waals surface area (Å²) in [4.78, 5) is 22.1. The van der Waals surface area contributed by atoms with E-state index in [2.05, 4.69) is 5.32 Å². The first kappa shape index (κ1) is 12.8. The number of carbonyl (C=O) groups excluding carboxylic acids is 2. The van der Waals surface area contributed by atoms with Crippen LogP contribution in [0.15, 0.2) is 18.2 Å². The molecule has 5 N–H and O–H groups in total. The zero-order valence-electron chi connectivity index (χ0n) is 9.53. The van der Waals surface area contributed by atoms with Gasteiger partial charge in [-0.15, -0.1) is 0 Å². The third kappa shape index (κ3) is 3.67. The fourth-order valence-electron chi connectivity index (χ4n) is 1.21. The molecule has 0 fully saturated rings. The Morgan fingerprint density at radius 1 is 1.41 bits per heavy atom. The van der Waals surface area contributed by atoms with E-state index in [1.165, 1.54) is 6.07 Å². The molecule has 0 atom stereocenters. The van der Waals surface area contributed by atoms with Gasteiger partial charge in [-0.3, -0.25) is 9.59 Å². The third-order valence-electron chi connectivity index (χ3n) is 1.98. The number of anilines is 1. The molecule has 6 heteroatoms. The van der Waals surface area contributed by atoms with Gasteiger partial charge in [0, 0.05) is 12.1 Å². The van der Waals surface area contributed by atoms with Crippen LogP contribution in [0, 0.1) is 0 Å². The summed E-state index contributed by atoms with van der Waals surface area (Å²) >= 11 is 0. The second-order valence-corrected chi connectivity index (χ2v) is 3.37. The van der Waals surface area contributed by atoms with Gasteiger partial charge in [-0.25, -0.2) is 0 Å². The van der Waals surface area contributed by atoms with Crippen LogP contribution in [-0.2, 0) is 4.79 Å². The lowest BCUT2D eigenvalue weighted by atomic mass is 10.2. The maximum absolute atomic E-state index is 11.5. The van der Waals surface area contributed by atoms with Crippen molar-refractivity contribution in [2.24, 2.45) is 5.73 Å². The normalized spacial score (nSPS) is 9.71. The van der Waals surface area contributed by atoms with Crippen LogP contribution in [0.3, 0.4) is 0 Å². The molecule has 0 aliphatic rings. The zero-order chi connectivity index (χ0) is 12.8. The topological polar surface area (TPSA) is 107 Å². The molecular formula is C11H15N3O3. The second kappa shape index (κ2) is 5.74. The Morgan fingerprint density at radius 2 is 2.12 bits per heavy atom. The van der Waals surface area contributed by atoms with E-state index >= 15 is 0 Å². The number of nitrogen functional groups attached to an aromatic ring is 1. The van der Waals surface area contributed by atoms with Gasteiger partial charge in [0.2, 0.25) is 0 Å². The van der Waals surface area contributed by atoms with Crippen molar-refractivity contribution in [3.8, 4) is 5.75 Å². The summed E-state index contributed by atoms with van der Waals surface area (Å²) in [7, 11) is 0. The van der Waals surface area contributed by atoms with Gasteiger partial charge in [-0.05, 0) is 25.1 Å². The number of nitrogens with two attached hydrogens (primary N) is 2. The van der Waals surface area contributed by atoms with Crippen molar-refractivity contribution in [2.75, 3.05) is 18.9 Å². The van der Waals surface area contributed by atoms with Gasteiger partial charge in [0.05, 0.1) is 5.69 Å². The predicted octanol–water partition coefficient (Wildman–Crippen LogP) is -0.117. The quantitative estimate of drug-likeness (QED) is 0.620. The molecule has 0 saturated heterocycles. The highest BCUT2D eigenvalue weighted by Gasteiger charge is 2.09. The number of hydrogen-bond donors (Lipinski definition) is 3. The number of amides is 2. The maximum Gasteiger partial charge on any atom is 0.255 e. The summed E-state index contributed by atoms with van der Waals surface area (Å²) in [5.74, 6) is -0.559. The van der Waals surface area contributed by atoms with Gasteiger partial charge >= 0.3 is 0 Å². The molecule has 1 rings (SSSR count). The van der Waals surface area contributed by atoms with Crippen LogP contribution in [0.5, 0.6) is 5.75 Å². The molecule has 0 bridgehead atoms. The van der Waals surface area contributed by atoms with Gasteiger partial charge in [0.1, 0.15) is 5.75 Å². The Balaban J connectivity index is 2.86. The number of ether oxygens (including phenoxy) is 1. The van der Waals surface area contributed by atoms with Crippen molar-refractivity contribution in [1.82, 2.24) is 5.32 Å². The summed E-state index contributed by atoms with van der Waals surface area (Å²) in [6.07, 6.45) is 0. The molecule has 1 aromatic rings. The lowest BCUT2D eigenvalue weighted by Crippen LogP contribution is -2.23. The largest absolute Gasteiger partial charge is 0.482 e. The van der Waals surface area contributed by atoms with Gasteiger partial charge in [0.15, 0.2) is 6.61 Å². The van der Waals surface area contributed by atoms with E-state index in [1.807, 2.05) is 6.92 Å². The fourth-order valence-corrected chi connectivity index (χ4v) is 1.21. The van der Waals surface area contributed by atoms with Crippen molar-refractivity contribution in [2.45, 2.75) is 6.92 Å². The number of primary amides is 1. The summed E-state index contributed by atoms with van der Waals surface area (Å²) in [6, 6.07) is 4.60. The molecule has 0 heterocycles. The van der Waals surface area contributed by atoms with Gasteiger partial charge in [-0.2, -0.15) is 0 Å². The average molecular weight is 237 g/mol. The van der Waals surface area contributed by atoms with Crippen LogP contribution in [0.2, 0.25) is 0 Å². The van der Waals surface area contributed by atoms with Crippen LogP contribution < -0.4 is 21.5 Å². The molecule has 1 aromatic carbocycles. The summed E-state index contributed by atoms with van der Waals surface area (Å²) in [5, 5.41) is 2.65. The minimum absolute atomic E-state index is 0.226. The summed E-state index contributed by atoms with van der Waals surface area (Å²) in [5.41, 5.74) is 11.4. The van der Waals surface area contributed by atoms with Gasteiger partial charge < -0.3 is 21.5 Å². The smallest absolute Gasteiger partial charge is 0.255 e. The van der Waals surface area contributed by atoms with E-state index in [0.717, 1.165) is 0 Å². The lowest BCUT2D eigenvalue weighted by molar-refractivity contribution is -0.119. The summed E-state index contributed by atoms with van der Waals surface area (Å²) in [6.45, 7) is 2.07. The van der Waals surface area contributed by atoms with E-state index in [4.69, 9.17) is 16.2 Å². The highest BCUT2D eigenvalue weighted by Crippen LogP contribution is 2.22. The molecule has 0 radical (unpaired) electrons. The van der Waals surface area contributed by atoms with E-state index in [-0.39, 0.29) is 18.3 Å². The monoisotopic (exact) mass is 237 g/mol. The minimum atomic E-state index is -0.604. The standard InChI is InChI=1S/C11H15N3O3/c1-2-14-11(16)7-3-4-8(12)9(5-7)17-6-10(13)15/h3-5H,2,6,12H2,1H3,(H2,13,15)(H,14,16). The minimum Gasteiger partial charge on any atom is -0.482 e. The molecule has 0 aliphatic heterocycles. The molecule has 0 aromatic heterocycles. The van der Waals surface area contributed by atoms with Crippen LogP contribution in [0.25, 0.3) is 0 Å². The molecule has 17 heavy (non-hydrogen) atoms. The molecule has 0 saturated carbocycles. The second-order valence-electron chi connectivity index (χ2n) is 3.37. The van der Waals surface area contributed by atoms with Crippen molar-refractivity contribution in [3.05, 3.63) is 23.8 Å². The van der Waals surface area contributed by atoms with Crippen molar-refractivity contribution in [1.29, 1.82) is 0 Å². The molecular weight excluding hydrogens is 222 g/mol. The molecule has 92 valence electrons. The fraction of sp³-hybridized carbons (Fsp3) is 0.273. The molecule has 0 unspecified atom stereocenters. The molecule has 6 nitrogen and oxygen atoms in total. The molecule has 0 aliphatic carbocycles. The zero-order valence-corrected chi connectivity index (χ0v) is 9.53. The number of rotatable bonds is 5. The SMILES string of the molecule is CCNC(=O)c1ccc(N)c(OCC(N)=O)c1. The van der Waals surface area contributed by atoms with Crippen LogP contribution >= 0.6 is 0 Å². The number of benzene rings is 1. The highest BCUT2D eigenvalue weighted by molar-refractivity contribution is 5.95. The number of carbonyl (C=O) groups is 2. The Bertz CT molecular complexity index is 432. The average Bonchev–Trinajstić information content (AvgIpc) is 2.28. The maximum atomic E-state index is 11.5. The van der Waals surface area contributed by atoms with Crippen molar-refractivity contribution >= 4 is 17.5 Å². The van der Waals surface area contributed by atoms with Crippen LogP contribution in [0.1, 0.15) is 17.3 Å². The van der Waals surface area contributed by atoms with Crippen LogP contribution in [-0.4, -0.2) is 25.0 Å². The Morgan fingerprint density at radius 3 is 2.71 bits per heavy atom. The van der Waals surface area contributed by atoms with Crippen LogP contribution in [0.4, 0.5) is 5.69 Å². The van der Waals surface area contributed by atoms with E-state index in [1.54, 1.807) is 12.1 Å². The Hall–Kier alpha value is -2.24. The van der Waals surface area contributed by atoms with Crippen molar-refractivity contribution < 1.29 is 14.3 Å². The molecule has 2 amide bonds. The van der Waals surface area contributed by atoms with Gasteiger partial charge in [-0.1, -0.05) is 0 Å². The first-order chi connectivity index (χ1) is 8.04. The number of hydrogen-bond acceptors (Lipinski definition) is 4. The van der Waals surface area contributed by atoms with Gasteiger partial charge in [0.25, 0.3) is 11.8 Å². The first-order valence-electron chi connectivity index (χ1n) is 5.13. The van der Waals surface area contributed by atoms with E-state index < -0.39 is 5.91 Å².